The second-order valence-electron chi connectivity index (χ2n) is 9.82. The van der Waals surface area contributed by atoms with Crippen molar-refractivity contribution in [2.75, 3.05) is 4.90 Å². The van der Waals surface area contributed by atoms with Crippen LogP contribution in [0, 0.1) is 6.92 Å². The molecule has 36 heavy (non-hydrogen) atoms. The van der Waals surface area contributed by atoms with E-state index < -0.39 is 0 Å². The minimum atomic E-state index is -0.0776. The van der Waals surface area contributed by atoms with Crippen molar-refractivity contribution in [2.45, 2.75) is 33.1 Å². The van der Waals surface area contributed by atoms with Crippen molar-refractivity contribution < 1.29 is 0 Å². The van der Waals surface area contributed by atoms with Gasteiger partial charge in [-0.25, -0.2) is 9.97 Å². The number of rotatable bonds is 3. The molecule has 0 aliphatic rings. The maximum absolute atomic E-state index is 5.16. The lowest BCUT2D eigenvalue weighted by Gasteiger charge is -2.31. The summed E-state index contributed by atoms with van der Waals surface area (Å²) in [6, 6.07) is 16.8. The van der Waals surface area contributed by atoms with Gasteiger partial charge in [0.25, 0.3) is 0 Å². The second kappa shape index (κ2) is 8.30. The summed E-state index contributed by atoms with van der Waals surface area (Å²) in [4.78, 5) is 30.5. The van der Waals surface area contributed by atoms with Gasteiger partial charge in [0.05, 0.1) is 17.6 Å². The second-order valence-corrected chi connectivity index (χ2v) is 9.82. The molecule has 0 radical (unpaired) electrons. The summed E-state index contributed by atoms with van der Waals surface area (Å²) in [6.07, 6.45) is 8.47. The molecule has 3 heterocycles. The molecule has 7 nitrogen and oxygen atoms in total. The standard InChI is InChI=1S/C29H25N7/c1-18-9-5-7-11-20(18)36(21-12-8-6-10-19(21)29(2,3)4)22-17-34-27-25-23(30-13-14-32-25)24-26(28(27)35-22)33-16-15-31-24/h5-17H,1-4H3. The van der Waals surface area contributed by atoms with Gasteiger partial charge >= 0.3 is 0 Å². The number of hydrogen-bond donors (Lipinski definition) is 0. The van der Waals surface area contributed by atoms with Crippen LogP contribution in [-0.4, -0.2) is 29.9 Å². The fourth-order valence-electron chi connectivity index (χ4n) is 4.69. The lowest BCUT2D eigenvalue weighted by molar-refractivity contribution is 0.591. The van der Waals surface area contributed by atoms with Crippen LogP contribution in [0.25, 0.3) is 33.1 Å². The number of aryl methyl sites for hydroxylation is 1. The molecule has 176 valence electrons. The van der Waals surface area contributed by atoms with E-state index in [1.165, 1.54) is 5.56 Å². The van der Waals surface area contributed by atoms with Crippen LogP contribution in [0.15, 0.2) is 79.5 Å². The van der Waals surface area contributed by atoms with Crippen molar-refractivity contribution in [3.05, 3.63) is 90.6 Å². The molecule has 0 saturated heterocycles. The Hall–Kier alpha value is -4.52. The predicted octanol–water partition coefficient (Wildman–Crippen LogP) is 6.59. The number of hydrogen-bond acceptors (Lipinski definition) is 7. The number of fused-ring (bicyclic) bond motifs is 6. The van der Waals surface area contributed by atoms with Crippen LogP contribution >= 0.6 is 0 Å². The van der Waals surface area contributed by atoms with Crippen molar-refractivity contribution in [3.8, 4) is 0 Å². The summed E-state index contributed by atoms with van der Waals surface area (Å²) in [5.41, 5.74) is 8.33. The van der Waals surface area contributed by atoms with Crippen LogP contribution in [0.5, 0.6) is 0 Å². The average molecular weight is 472 g/mol. The van der Waals surface area contributed by atoms with E-state index in [-0.39, 0.29) is 5.41 Å². The molecule has 0 amide bonds. The van der Waals surface area contributed by atoms with Crippen molar-refractivity contribution >= 4 is 50.3 Å². The largest absolute Gasteiger partial charge is 0.293 e. The van der Waals surface area contributed by atoms with E-state index >= 15 is 0 Å². The van der Waals surface area contributed by atoms with Crippen LogP contribution in [0.3, 0.4) is 0 Å². The maximum atomic E-state index is 5.16. The van der Waals surface area contributed by atoms with Crippen molar-refractivity contribution in [1.29, 1.82) is 0 Å². The molecule has 0 bridgehead atoms. The van der Waals surface area contributed by atoms with E-state index in [1.54, 1.807) is 24.8 Å². The summed E-state index contributed by atoms with van der Waals surface area (Å²) in [5.74, 6) is 0.698. The summed E-state index contributed by atoms with van der Waals surface area (Å²) in [5, 5.41) is 0. The Kier molecular flexibility index (Phi) is 5.07. The Balaban J connectivity index is 1.70. The fourth-order valence-corrected chi connectivity index (χ4v) is 4.69. The van der Waals surface area contributed by atoms with Gasteiger partial charge in [-0.3, -0.25) is 24.8 Å². The number of benzene rings is 3. The first-order chi connectivity index (χ1) is 17.4. The van der Waals surface area contributed by atoms with Crippen molar-refractivity contribution in [1.82, 2.24) is 29.9 Å². The highest BCUT2D eigenvalue weighted by Gasteiger charge is 2.25. The lowest BCUT2D eigenvalue weighted by Crippen LogP contribution is -2.20. The summed E-state index contributed by atoms with van der Waals surface area (Å²) < 4.78 is 0. The minimum absolute atomic E-state index is 0.0776. The van der Waals surface area contributed by atoms with Gasteiger partial charge < -0.3 is 0 Å². The van der Waals surface area contributed by atoms with Crippen LogP contribution in [0.2, 0.25) is 0 Å². The summed E-state index contributed by atoms with van der Waals surface area (Å²) >= 11 is 0. The Morgan fingerprint density at radius 2 is 1.08 bits per heavy atom. The third-order valence-corrected chi connectivity index (χ3v) is 6.37. The Morgan fingerprint density at radius 3 is 1.67 bits per heavy atom. The number of aromatic nitrogens is 6. The van der Waals surface area contributed by atoms with E-state index in [2.05, 4.69) is 88.9 Å². The Bertz CT molecular complexity index is 1720. The molecule has 7 heteroatoms. The van der Waals surface area contributed by atoms with Gasteiger partial charge in [0.2, 0.25) is 0 Å². The third-order valence-electron chi connectivity index (χ3n) is 6.37. The van der Waals surface area contributed by atoms with Gasteiger partial charge in [0.15, 0.2) is 5.82 Å². The highest BCUT2D eigenvalue weighted by Crippen LogP contribution is 2.41. The number of para-hydroxylation sites is 2. The minimum Gasteiger partial charge on any atom is -0.293 e. The zero-order valence-corrected chi connectivity index (χ0v) is 20.6. The van der Waals surface area contributed by atoms with Gasteiger partial charge in [-0.2, -0.15) is 0 Å². The molecule has 0 aliphatic carbocycles. The number of anilines is 3. The SMILES string of the molecule is Cc1ccccc1N(c1cnc2c3nccnc3c3nccnc3c2n1)c1ccccc1C(C)(C)C. The van der Waals surface area contributed by atoms with Gasteiger partial charge in [-0.15, -0.1) is 0 Å². The molecular formula is C29H25N7. The van der Waals surface area contributed by atoms with Crippen LogP contribution < -0.4 is 4.90 Å². The third kappa shape index (κ3) is 3.51. The van der Waals surface area contributed by atoms with E-state index in [0.717, 1.165) is 16.9 Å². The van der Waals surface area contributed by atoms with Crippen molar-refractivity contribution in [3.63, 3.8) is 0 Å². The molecule has 3 aromatic heterocycles. The zero-order chi connectivity index (χ0) is 24.9. The van der Waals surface area contributed by atoms with Gasteiger partial charge in [-0.05, 0) is 35.6 Å². The Morgan fingerprint density at radius 1 is 0.583 bits per heavy atom. The van der Waals surface area contributed by atoms with Gasteiger partial charge in [-0.1, -0.05) is 57.2 Å². The van der Waals surface area contributed by atoms with Gasteiger partial charge in [0.1, 0.15) is 33.1 Å². The molecule has 6 rings (SSSR count). The van der Waals surface area contributed by atoms with E-state index in [4.69, 9.17) is 9.97 Å². The molecule has 0 saturated carbocycles. The first kappa shape index (κ1) is 22.0. The molecule has 0 aliphatic heterocycles. The molecule has 0 unspecified atom stereocenters. The molecule has 0 atom stereocenters. The summed E-state index contributed by atoms with van der Waals surface area (Å²) in [7, 11) is 0. The molecule has 6 aromatic rings. The first-order valence-corrected chi connectivity index (χ1v) is 11.9. The molecule has 0 spiro atoms. The quantitative estimate of drug-likeness (QED) is 0.269. The first-order valence-electron chi connectivity index (χ1n) is 11.9. The average Bonchev–Trinajstić information content (AvgIpc) is 2.90. The van der Waals surface area contributed by atoms with Crippen LogP contribution in [0.4, 0.5) is 17.2 Å². The topological polar surface area (TPSA) is 80.6 Å². The highest BCUT2D eigenvalue weighted by molar-refractivity contribution is 6.17. The van der Waals surface area contributed by atoms with Crippen molar-refractivity contribution in [2.24, 2.45) is 0 Å². The zero-order valence-electron chi connectivity index (χ0n) is 20.6. The summed E-state index contributed by atoms with van der Waals surface area (Å²) in [6.45, 7) is 8.78. The van der Waals surface area contributed by atoms with Gasteiger partial charge in [0, 0.05) is 24.8 Å². The van der Waals surface area contributed by atoms with Crippen LogP contribution in [0.1, 0.15) is 31.9 Å². The monoisotopic (exact) mass is 471 g/mol. The molecule has 3 aromatic carbocycles. The molecular weight excluding hydrogens is 446 g/mol. The smallest absolute Gasteiger partial charge is 0.156 e. The van der Waals surface area contributed by atoms with E-state index in [9.17, 15) is 0 Å². The highest BCUT2D eigenvalue weighted by atomic mass is 15.2. The number of nitrogens with zero attached hydrogens (tertiary/aromatic N) is 7. The lowest BCUT2D eigenvalue weighted by atomic mass is 9.85. The fraction of sp³-hybridized carbons (Fsp3) is 0.172. The predicted molar refractivity (Wildman–Crippen MR) is 144 cm³/mol. The van der Waals surface area contributed by atoms with E-state index in [0.29, 0.717) is 38.9 Å². The molecule has 0 fully saturated rings. The molecule has 0 N–H and O–H groups in total. The van der Waals surface area contributed by atoms with Crippen LogP contribution in [-0.2, 0) is 5.41 Å². The Labute approximate surface area is 208 Å². The normalized spacial score (nSPS) is 11.9. The van der Waals surface area contributed by atoms with E-state index in [1.807, 2.05) is 18.3 Å². The maximum Gasteiger partial charge on any atom is 0.156 e.